The summed E-state index contributed by atoms with van der Waals surface area (Å²) in [5.74, 6) is 0. The van der Waals surface area contributed by atoms with Crippen molar-refractivity contribution in [2.24, 2.45) is 0 Å². The molecular weight excluding hydrogens is 598 g/mol. The Morgan fingerprint density at radius 1 is 0.457 bits per heavy atom. The lowest BCUT2D eigenvalue weighted by Gasteiger charge is -2.45. The molecule has 2 heterocycles. The SMILES string of the molecule is Clc1ccc2sc3ccc(-c4ccc5c(c4)C4(c6ccccc6-5)c5ccccc5N(c5ccccc5)c5ccccc54)cc3c2c1. The molecule has 46 heavy (non-hydrogen) atoms. The maximum Gasteiger partial charge on any atom is 0.0754 e. The second-order valence-corrected chi connectivity index (χ2v) is 13.7. The van der Waals surface area contributed by atoms with Gasteiger partial charge in [0.2, 0.25) is 0 Å². The number of benzene rings is 7. The number of hydrogen-bond donors (Lipinski definition) is 0. The zero-order valence-electron chi connectivity index (χ0n) is 24.7. The van der Waals surface area contributed by atoms with Gasteiger partial charge in [0.05, 0.1) is 16.8 Å². The maximum absolute atomic E-state index is 6.46. The zero-order valence-corrected chi connectivity index (χ0v) is 26.3. The summed E-state index contributed by atoms with van der Waals surface area (Å²) in [4.78, 5) is 2.43. The van der Waals surface area contributed by atoms with Crippen molar-refractivity contribution in [2.75, 3.05) is 4.90 Å². The summed E-state index contributed by atoms with van der Waals surface area (Å²) in [6.07, 6.45) is 0. The predicted octanol–water partition coefficient (Wildman–Crippen LogP) is 12.5. The Bertz CT molecular complexity index is 2460. The molecule has 0 bridgehead atoms. The van der Waals surface area contributed by atoms with Crippen LogP contribution in [0.2, 0.25) is 5.02 Å². The van der Waals surface area contributed by atoms with Crippen LogP contribution in [0.4, 0.5) is 17.1 Å². The number of thiophene rings is 1. The smallest absolute Gasteiger partial charge is 0.0754 e. The molecule has 0 fully saturated rings. The van der Waals surface area contributed by atoms with Gasteiger partial charge in [-0.1, -0.05) is 109 Å². The van der Waals surface area contributed by atoms with Crippen molar-refractivity contribution in [3.05, 3.63) is 185 Å². The molecule has 0 atom stereocenters. The molecule has 1 aromatic heterocycles. The molecule has 0 radical (unpaired) electrons. The van der Waals surface area contributed by atoms with E-state index in [1.54, 1.807) is 0 Å². The lowest BCUT2D eigenvalue weighted by molar-refractivity contribution is 0.753. The summed E-state index contributed by atoms with van der Waals surface area (Å²) in [6, 6.07) is 57.9. The van der Waals surface area contributed by atoms with Crippen LogP contribution >= 0.6 is 22.9 Å². The average molecular weight is 624 g/mol. The van der Waals surface area contributed by atoms with Crippen molar-refractivity contribution in [2.45, 2.75) is 5.41 Å². The third-order valence-corrected chi connectivity index (χ3v) is 11.3. The summed E-state index contributed by atoms with van der Waals surface area (Å²) in [5.41, 5.74) is 13.4. The van der Waals surface area contributed by atoms with Crippen molar-refractivity contribution in [3.8, 4) is 22.3 Å². The van der Waals surface area contributed by atoms with Crippen molar-refractivity contribution < 1.29 is 0 Å². The normalized spacial score (nSPS) is 13.9. The first-order valence-corrected chi connectivity index (χ1v) is 16.8. The maximum atomic E-state index is 6.46. The van der Waals surface area contributed by atoms with E-state index < -0.39 is 5.41 Å². The van der Waals surface area contributed by atoms with Crippen LogP contribution in [-0.2, 0) is 5.41 Å². The lowest BCUT2D eigenvalue weighted by atomic mass is 9.64. The van der Waals surface area contributed by atoms with Gasteiger partial charge in [-0.25, -0.2) is 0 Å². The van der Waals surface area contributed by atoms with Gasteiger partial charge in [0.1, 0.15) is 0 Å². The summed E-state index contributed by atoms with van der Waals surface area (Å²) in [7, 11) is 0. The second kappa shape index (κ2) is 9.67. The molecule has 0 saturated heterocycles. The average Bonchev–Trinajstić information content (AvgIpc) is 3.62. The summed E-state index contributed by atoms with van der Waals surface area (Å²) in [6.45, 7) is 0. The molecule has 3 heteroatoms. The molecule has 1 aliphatic heterocycles. The molecule has 8 aromatic rings. The molecule has 10 rings (SSSR count). The third kappa shape index (κ3) is 3.46. The summed E-state index contributed by atoms with van der Waals surface area (Å²) in [5, 5.41) is 3.25. The van der Waals surface area contributed by atoms with Gasteiger partial charge in [-0.05, 0) is 105 Å². The highest BCUT2D eigenvalue weighted by atomic mass is 35.5. The Kier molecular flexibility index (Phi) is 5.49. The van der Waals surface area contributed by atoms with Crippen molar-refractivity contribution in [1.82, 2.24) is 0 Å². The van der Waals surface area contributed by atoms with Crippen LogP contribution in [0.1, 0.15) is 22.3 Å². The van der Waals surface area contributed by atoms with E-state index in [2.05, 4.69) is 157 Å². The van der Waals surface area contributed by atoms with Crippen LogP contribution in [0.25, 0.3) is 42.4 Å². The van der Waals surface area contributed by atoms with Gasteiger partial charge < -0.3 is 4.90 Å². The Hall–Kier alpha value is -5.15. The largest absolute Gasteiger partial charge is 0.310 e. The van der Waals surface area contributed by atoms with Gasteiger partial charge in [0, 0.05) is 30.9 Å². The van der Waals surface area contributed by atoms with E-state index in [-0.39, 0.29) is 0 Å². The minimum Gasteiger partial charge on any atom is -0.310 e. The minimum absolute atomic E-state index is 0.465. The summed E-state index contributed by atoms with van der Waals surface area (Å²) >= 11 is 8.28. The van der Waals surface area contributed by atoms with Crippen molar-refractivity contribution in [1.29, 1.82) is 0 Å². The van der Waals surface area contributed by atoms with Crippen LogP contribution in [0.3, 0.4) is 0 Å². The monoisotopic (exact) mass is 623 g/mol. The number of fused-ring (bicyclic) bond motifs is 12. The molecule has 216 valence electrons. The minimum atomic E-state index is -0.465. The third-order valence-electron chi connectivity index (χ3n) is 9.92. The number of nitrogens with zero attached hydrogens (tertiary/aromatic N) is 1. The first-order valence-electron chi connectivity index (χ1n) is 15.6. The van der Waals surface area contributed by atoms with Crippen LogP contribution < -0.4 is 4.90 Å². The van der Waals surface area contributed by atoms with Crippen LogP contribution in [0.15, 0.2) is 158 Å². The highest BCUT2D eigenvalue weighted by molar-refractivity contribution is 7.25. The highest BCUT2D eigenvalue weighted by Gasteiger charge is 2.51. The fourth-order valence-corrected chi connectivity index (χ4v) is 9.31. The molecule has 1 spiro atoms. The van der Waals surface area contributed by atoms with Gasteiger partial charge in [-0.2, -0.15) is 0 Å². The molecule has 1 aliphatic carbocycles. The standard InChI is InChI=1S/C43H26ClNS/c44-29-20-23-42-34(26-29)33-24-27(19-22-41(33)46-42)28-18-21-32-31-12-4-5-13-35(31)43(38(32)25-28)36-14-6-8-16-39(36)45(30-10-2-1-3-11-30)40-17-9-7-15-37(40)43/h1-26H. The van der Waals surface area contributed by atoms with Crippen LogP contribution in [-0.4, -0.2) is 0 Å². The Morgan fingerprint density at radius 2 is 1.02 bits per heavy atom. The van der Waals surface area contributed by atoms with Gasteiger partial charge >= 0.3 is 0 Å². The van der Waals surface area contributed by atoms with Gasteiger partial charge in [-0.3, -0.25) is 0 Å². The summed E-state index contributed by atoms with van der Waals surface area (Å²) < 4.78 is 2.54. The van der Waals surface area contributed by atoms with E-state index in [1.807, 2.05) is 17.4 Å². The Labute approximate surface area is 276 Å². The molecule has 1 nitrogen and oxygen atoms in total. The predicted molar refractivity (Wildman–Crippen MR) is 195 cm³/mol. The second-order valence-electron chi connectivity index (χ2n) is 12.2. The van der Waals surface area contributed by atoms with Crippen molar-refractivity contribution >= 4 is 60.2 Å². The fourth-order valence-electron chi connectivity index (χ4n) is 8.07. The van der Waals surface area contributed by atoms with E-state index in [4.69, 9.17) is 11.6 Å². The number of hydrogen-bond acceptors (Lipinski definition) is 2. The van der Waals surface area contributed by atoms with E-state index >= 15 is 0 Å². The molecule has 2 aliphatic rings. The number of halogens is 1. The van der Waals surface area contributed by atoms with Crippen molar-refractivity contribution in [3.63, 3.8) is 0 Å². The molecule has 0 amide bonds. The van der Waals surface area contributed by atoms with E-state index in [0.29, 0.717) is 0 Å². The quantitative estimate of drug-likeness (QED) is 0.185. The number of anilines is 3. The Morgan fingerprint density at radius 3 is 1.78 bits per heavy atom. The van der Waals surface area contributed by atoms with Gasteiger partial charge in [-0.15, -0.1) is 11.3 Å². The highest BCUT2D eigenvalue weighted by Crippen LogP contribution is 2.63. The van der Waals surface area contributed by atoms with Crippen LogP contribution in [0.5, 0.6) is 0 Å². The fraction of sp³-hybridized carbons (Fsp3) is 0.0233. The van der Waals surface area contributed by atoms with Crippen LogP contribution in [0, 0.1) is 0 Å². The van der Waals surface area contributed by atoms with E-state index in [1.165, 1.54) is 76.1 Å². The van der Waals surface area contributed by atoms with Gasteiger partial charge in [0.25, 0.3) is 0 Å². The lowest BCUT2D eigenvalue weighted by Crippen LogP contribution is -2.36. The number of para-hydroxylation sites is 3. The number of rotatable bonds is 2. The topological polar surface area (TPSA) is 3.24 Å². The first-order chi connectivity index (χ1) is 22.7. The molecular formula is C43H26ClNS. The molecule has 0 unspecified atom stereocenters. The first kappa shape index (κ1) is 26.1. The Balaban J connectivity index is 1.27. The molecule has 7 aromatic carbocycles. The van der Waals surface area contributed by atoms with E-state index in [9.17, 15) is 0 Å². The van der Waals surface area contributed by atoms with E-state index in [0.717, 1.165) is 10.7 Å². The molecule has 0 saturated carbocycles. The zero-order chi connectivity index (χ0) is 30.4. The van der Waals surface area contributed by atoms with Gasteiger partial charge in [0.15, 0.2) is 0 Å². The molecule has 0 N–H and O–H groups in total.